The lowest BCUT2D eigenvalue weighted by Gasteiger charge is -2.22. The fraction of sp³-hybridized carbons (Fsp3) is 0.111. The summed E-state index contributed by atoms with van der Waals surface area (Å²) in [5.74, 6) is -0.529. The first kappa shape index (κ1) is 16.2. The van der Waals surface area contributed by atoms with E-state index >= 15 is 0 Å². The van der Waals surface area contributed by atoms with E-state index < -0.39 is 17.9 Å². The normalized spacial score (nSPS) is 16.5. The third kappa shape index (κ3) is 3.33. The van der Waals surface area contributed by atoms with Crippen LogP contribution in [0.4, 0.5) is 0 Å². The van der Waals surface area contributed by atoms with Crippen molar-refractivity contribution in [1.82, 2.24) is 5.32 Å². The van der Waals surface area contributed by atoms with Gasteiger partial charge in [0, 0.05) is 5.56 Å². The van der Waals surface area contributed by atoms with Crippen molar-refractivity contribution < 1.29 is 19.1 Å². The molecule has 0 spiro atoms. The third-order valence-corrected chi connectivity index (χ3v) is 3.53. The van der Waals surface area contributed by atoms with Crippen molar-refractivity contribution >= 4 is 17.6 Å². The minimum absolute atomic E-state index is 0.124. The molecule has 0 aliphatic carbocycles. The molecule has 0 radical (unpaired) electrons. The zero-order valence-corrected chi connectivity index (χ0v) is 13.2. The summed E-state index contributed by atoms with van der Waals surface area (Å²) >= 11 is 0. The molecule has 0 bridgehead atoms. The van der Waals surface area contributed by atoms with Gasteiger partial charge >= 0.3 is 0 Å². The lowest BCUT2D eigenvalue weighted by Crippen LogP contribution is -2.50. The maximum absolute atomic E-state index is 12.3. The van der Waals surface area contributed by atoms with Crippen molar-refractivity contribution in [1.29, 1.82) is 5.26 Å². The molecule has 1 N–H and O–H groups in total. The van der Waals surface area contributed by atoms with E-state index in [9.17, 15) is 9.59 Å². The summed E-state index contributed by atoms with van der Waals surface area (Å²) in [7, 11) is 1.46. The fourth-order valence-corrected chi connectivity index (χ4v) is 2.28. The fourth-order valence-electron chi connectivity index (χ4n) is 2.28. The van der Waals surface area contributed by atoms with Crippen LogP contribution in [0.1, 0.15) is 11.1 Å². The summed E-state index contributed by atoms with van der Waals surface area (Å²) in [6.07, 6.45) is -1.39. The number of nitriles is 1. The van der Waals surface area contributed by atoms with Crippen LogP contribution in [0, 0.1) is 11.3 Å². The number of methoxy groups -OCH3 is 1. The molecular formula is C18H13N3O4. The highest BCUT2D eigenvalue weighted by molar-refractivity contribution is 6.22. The van der Waals surface area contributed by atoms with Gasteiger partial charge in [0.05, 0.1) is 18.7 Å². The number of rotatable bonds is 4. The SMILES string of the molecule is COc1ccccc1OC1C(=O)N=C(c2ccc(C#N)cc2)NC1=O. The summed E-state index contributed by atoms with van der Waals surface area (Å²) in [6.45, 7) is 0. The van der Waals surface area contributed by atoms with Gasteiger partial charge in [-0.2, -0.15) is 10.3 Å². The largest absolute Gasteiger partial charge is 0.493 e. The van der Waals surface area contributed by atoms with E-state index in [1.165, 1.54) is 7.11 Å². The Bertz CT molecular complexity index is 897. The van der Waals surface area contributed by atoms with Crippen molar-refractivity contribution in [2.24, 2.45) is 4.99 Å². The second kappa shape index (κ2) is 6.84. The van der Waals surface area contributed by atoms with E-state index in [2.05, 4.69) is 10.3 Å². The first-order valence-electron chi connectivity index (χ1n) is 7.36. The second-order valence-electron chi connectivity index (χ2n) is 5.13. The average Bonchev–Trinajstić information content (AvgIpc) is 2.65. The van der Waals surface area contributed by atoms with Gasteiger partial charge in [0.15, 0.2) is 11.5 Å². The lowest BCUT2D eigenvalue weighted by atomic mass is 10.1. The summed E-state index contributed by atoms with van der Waals surface area (Å²) in [4.78, 5) is 28.4. The molecule has 0 aromatic heterocycles. The third-order valence-electron chi connectivity index (χ3n) is 3.53. The van der Waals surface area contributed by atoms with Crippen molar-refractivity contribution in [3.05, 3.63) is 59.7 Å². The highest BCUT2D eigenvalue weighted by atomic mass is 16.5. The Labute approximate surface area is 143 Å². The number of para-hydroxylation sites is 2. The van der Waals surface area contributed by atoms with Gasteiger partial charge in [-0.25, -0.2) is 0 Å². The molecule has 0 saturated carbocycles. The predicted octanol–water partition coefficient (Wildman–Crippen LogP) is 1.42. The first-order valence-corrected chi connectivity index (χ1v) is 7.36. The van der Waals surface area contributed by atoms with E-state index in [4.69, 9.17) is 14.7 Å². The molecule has 2 aromatic carbocycles. The lowest BCUT2D eigenvalue weighted by molar-refractivity contribution is -0.137. The standard InChI is InChI=1S/C18H13N3O4/c1-24-13-4-2-3-5-14(13)25-15-17(22)20-16(21-18(15)23)12-8-6-11(10-19)7-9-12/h2-9,15H,1H3,(H,20,21,22,23). The van der Waals surface area contributed by atoms with E-state index in [0.29, 0.717) is 16.9 Å². The van der Waals surface area contributed by atoms with Crippen molar-refractivity contribution in [2.75, 3.05) is 7.11 Å². The number of hydrogen-bond donors (Lipinski definition) is 1. The molecule has 1 aliphatic rings. The number of aliphatic imine (C=N–C) groups is 1. The number of carbonyl (C=O) groups excluding carboxylic acids is 2. The average molecular weight is 335 g/mol. The van der Waals surface area contributed by atoms with Crippen LogP contribution >= 0.6 is 0 Å². The van der Waals surface area contributed by atoms with Gasteiger partial charge in [-0.1, -0.05) is 12.1 Å². The van der Waals surface area contributed by atoms with E-state index in [0.717, 1.165) is 0 Å². The van der Waals surface area contributed by atoms with Crippen LogP contribution in [0.3, 0.4) is 0 Å². The molecule has 2 amide bonds. The smallest absolute Gasteiger partial charge is 0.298 e. The number of hydrogen-bond acceptors (Lipinski definition) is 5. The molecule has 1 aliphatic heterocycles. The van der Waals surface area contributed by atoms with Gasteiger partial charge in [0.2, 0.25) is 0 Å². The molecule has 25 heavy (non-hydrogen) atoms. The molecular weight excluding hydrogens is 322 g/mol. The number of carbonyl (C=O) groups is 2. The van der Waals surface area contributed by atoms with Gasteiger partial charge in [-0.15, -0.1) is 0 Å². The summed E-state index contributed by atoms with van der Waals surface area (Å²) < 4.78 is 10.6. The Morgan fingerprint density at radius 3 is 2.36 bits per heavy atom. The quantitative estimate of drug-likeness (QED) is 0.852. The number of benzene rings is 2. The molecule has 7 nitrogen and oxygen atoms in total. The van der Waals surface area contributed by atoms with Crippen LogP contribution in [0.2, 0.25) is 0 Å². The van der Waals surface area contributed by atoms with Crippen LogP contribution in [0.5, 0.6) is 11.5 Å². The molecule has 1 unspecified atom stereocenters. The predicted molar refractivity (Wildman–Crippen MR) is 88.3 cm³/mol. The second-order valence-corrected chi connectivity index (χ2v) is 5.13. The summed E-state index contributed by atoms with van der Waals surface area (Å²) in [5, 5.41) is 11.4. The Balaban J connectivity index is 1.83. The number of amides is 2. The highest BCUT2D eigenvalue weighted by Crippen LogP contribution is 2.27. The van der Waals surface area contributed by atoms with Gasteiger partial charge in [0.1, 0.15) is 5.84 Å². The zero-order valence-electron chi connectivity index (χ0n) is 13.2. The molecule has 1 heterocycles. The molecule has 1 atom stereocenters. The molecule has 0 fully saturated rings. The van der Waals surface area contributed by atoms with Crippen LogP contribution < -0.4 is 14.8 Å². The van der Waals surface area contributed by atoms with Crippen LogP contribution in [0.15, 0.2) is 53.5 Å². The molecule has 7 heteroatoms. The Kier molecular flexibility index (Phi) is 4.44. The number of amidine groups is 1. The Hall–Kier alpha value is -3.66. The Morgan fingerprint density at radius 1 is 1.08 bits per heavy atom. The van der Waals surface area contributed by atoms with Gasteiger partial charge < -0.3 is 14.8 Å². The number of nitrogens with one attached hydrogen (secondary N) is 1. The summed E-state index contributed by atoms with van der Waals surface area (Å²) in [6, 6.07) is 15.1. The van der Waals surface area contributed by atoms with Crippen molar-refractivity contribution in [3.63, 3.8) is 0 Å². The van der Waals surface area contributed by atoms with Crippen molar-refractivity contribution in [3.8, 4) is 17.6 Å². The van der Waals surface area contributed by atoms with E-state index in [1.54, 1.807) is 48.5 Å². The maximum Gasteiger partial charge on any atom is 0.298 e. The highest BCUT2D eigenvalue weighted by Gasteiger charge is 2.35. The zero-order chi connectivity index (χ0) is 17.8. The van der Waals surface area contributed by atoms with Gasteiger partial charge in [-0.3, -0.25) is 9.59 Å². The monoisotopic (exact) mass is 335 g/mol. The number of nitrogens with zero attached hydrogens (tertiary/aromatic N) is 2. The van der Waals surface area contributed by atoms with E-state index in [1.807, 2.05) is 6.07 Å². The molecule has 0 saturated heterocycles. The minimum atomic E-state index is -1.39. The van der Waals surface area contributed by atoms with Crippen LogP contribution in [0.25, 0.3) is 0 Å². The van der Waals surface area contributed by atoms with Crippen molar-refractivity contribution in [2.45, 2.75) is 6.10 Å². The molecule has 3 rings (SSSR count). The van der Waals surface area contributed by atoms with Crippen LogP contribution in [-0.4, -0.2) is 30.9 Å². The van der Waals surface area contributed by atoms with E-state index in [-0.39, 0.29) is 11.6 Å². The number of ether oxygens (including phenoxy) is 2. The minimum Gasteiger partial charge on any atom is -0.493 e. The maximum atomic E-state index is 12.3. The topological polar surface area (TPSA) is 101 Å². The Morgan fingerprint density at radius 2 is 1.76 bits per heavy atom. The molecule has 2 aromatic rings. The van der Waals surface area contributed by atoms with Gasteiger partial charge in [0.25, 0.3) is 17.9 Å². The van der Waals surface area contributed by atoms with Crippen LogP contribution in [-0.2, 0) is 9.59 Å². The summed E-state index contributed by atoms with van der Waals surface area (Å²) in [5.41, 5.74) is 0.992. The van der Waals surface area contributed by atoms with Gasteiger partial charge in [-0.05, 0) is 36.4 Å². The first-order chi connectivity index (χ1) is 12.1. The molecule has 124 valence electrons.